The van der Waals surface area contributed by atoms with Crippen LogP contribution in [0.2, 0.25) is 0 Å². The van der Waals surface area contributed by atoms with Crippen LogP contribution in [0.4, 0.5) is 5.69 Å². The van der Waals surface area contributed by atoms with Gasteiger partial charge in [-0.1, -0.05) is 18.2 Å². The second kappa shape index (κ2) is 6.30. The molecule has 0 saturated heterocycles. The first-order chi connectivity index (χ1) is 11.1. The maximum Gasteiger partial charge on any atom is 0.258 e. The fraction of sp³-hybridized carbons (Fsp3) is 0.278. The summed E-state index contributed by atoms with van der Waals surface area (Å²) in [6.07, 6.45) is 0.784. The normalized spacial score (nSPS) is 16.7. The number of nitrogens with two attached hydrogens (primary N) is 1. The number of hydrogen-bond donors (Lipinski definition) is 1. The highest BCUT2D eigenvalue weighted by molar-refractivity contribution is 6.07. The van der Waals surface area contributed by atoms with E-state index in [1.807, 2.05) is 24.3 Å². The fourth-order valence-corrected chi connectivity index (χ4v) is 2.94. The summed E-state index contributed by atoms with van der Waals surface area (Å²) in [7, 11) is 3.12. The number of para-hydroxylation sites is 1. The quantitative estimate of drug-likeness (QED) is 0.944. The molecule has 1 amide bonds. The molecule has 5 heteroatoms. The number of carbonyl (C=O) groups excluding carboxylic acids is 1. The molecule has 2 aromatic carbocycles. The summed E-state index contributed by atoms with van der Waals surface area (Å²) in [4.78, 5) is 14.7. The fourth-order valence-electron chi connectivity index (χ4n) is 2.94. The zero-order valence-electron chi connectivity index (χ0n) is 13.3. The van der Waals surface area contributed by atoms with Crippen LogP contribution in [0.3, 0.4) is 0 Å². The molecular weight excluding hydrogens is 292 g/mol. The molecule has 1 aliphatic rings. The number of fused-ring (bicyclic) bond motifs is 1. The number of amides is 1. The Morgan fingerprint density at radius 2 is 1.87 bits per heavy atom. The van der Waals surface area contributed by atoms with Gasteiger partial charge < -0.3 is 20.1 Å². The Hall–Kier alpha value is -2.53. The minimum absolute atomic E-state index is 0.0611. The Balaban J connectivity index is 1.97. The van der Waals surface area contributed by atoms with Crippen molar-refractivity contribution in [1.82, 2.24) is 0 Å². The van der Waals surface area contributed by atoms with Gasteiger partial charge in [0.05, 0.1) is 14.2 Å². The Morgan fingerprint density at radius 3 is 2.61 bits per heavy atom. The molecular formula is C18H20N2O3. The van der Waals surface area contributed by atoms with Crippen molar-refractivity contribution >= 4 is 11.6 Å². The van der Waals surface area contributed by atoms with Gasteiger partial charge in [0.15, 0.2) is 11.5 Å². The third kappa shape index (κ3) is 2.87. The molecule has 120 valence electrons. The van der Waals surface area contributed by atoms with E-state index >= 15 is 0 Å². The van der Waals surface area contributed by atoms with Gasteiger partial charge in [-0.2, -0.15) is 0 Å². The van der Waals surface area contributed by atoms with Gasteiger partial charge >= 0.3 is 0 Å². The van der Waals surface area contributed by atoms with Gasteiger partial charge in [-0.15, -0.1) is 0 Å². The largest absolute Gasteiger partial charge is 0.493 e. The highest BCUT2D eigenvalue weighted by Crippen LogP contribution is 2.31. The second-order valence-electron chi connectivity index (χ2n) is 5.58. The molecule has 2 aromatic rings. The summed E-state index contributed by atoms with van der Waals surface area (Å²) in [5.41, 5.74) is 8.69. The lowest BCUT2D eigenvalue weighted by Gasteiger charge is -2.33. The number of ether oxygens (including phenoxy) is 2. The maximum absolute atomic E-state index is 12.9. The molecule has 0 fully saturated rings. The van der Waals surface area contributed by atoms with Crippen LogP contribution >= 0.6 is 0 Å². The average Bonchev–Trinajstić information content (AvgIpc) is 2.59. The van der Waals surface area contributed by atoms with Crippen LogP contribution in [-0.4, -0.2) is 32.7 Å². The smallest absolute Gasteiger partial charge is 0.258 e. The standard InChI is InChI=1S/C18H20N2O3/c1-22-16-8-7-13(10-17(16)23-2)18(21)20-11-14(19)9-12-5-3-4-6-15(12)20/h3-8,10,14H,9,11,19H2,1-2H3. The molecule has 0 saturated carbocycles. The van der Waals surface area contributed by atoms with Gasteiger partial charge in [0.1, 0.15) is 0 Å². The lowest BCUT2D eigenvalue weighted by molar-refractivity contribution is 0.0983. The lowest BCUT2D eigenvalue weighted by atomic mass is 9.97. The van der Waals surface area contributed by atoms with E-state index in [1.54, 1.807) is 37.3 Å². The first-order valence-corrected chi connectivity index (χ1v) is 7.51. The van der Waals surface area contributed by atoms with Crippen molar-refractivity contribution in [1.29, 1.82) is 0 Å². The number of carbonyl (C=O) groups is 1. The molecule has 0 aliphatic carbocycles. The van der Waals surface area contributed by atoms with E-state index in [4.69, 9.17) is 15.2 Å². The molecule has 0 aromatic heterocycles. The van der Waals surface area contributed by atoms with Crippen molar-refractivity contribution in [2.45, 2.75) is 12.5 Å². The van der Waals surface area contributed by atoms with Gasteiger partial charge in [-0.3, -0.25) is 4.79 Å². The summed E-state index contributed by atoms with van der Waals surface area (Å²) in [6.45, 7) is 0.504. The SMILES string of the molecule is COc1ccc(C(=O)N2CC(N)Cc3ccccc32)cc1OC. The van der Waals surface area contributed by atoms with Crippen LogP contribution in [0.15, 0.2) is 42.5 Å². The van der Waals surface area contributed by atoms with Gasteiger partial charge in [0.25, 0.3) is 5.91 Å². The van der Waals surface area contributed by atoms with E-state index < -0.39 is 0 Å². The van der Waals surface area contributed by atoms with Gasteiger partial charge in [0.2, 0.25) is 0 Å². The zero-order valence-corrected chi connectivity index (χ0v) is 13.3. The Bertz CT molecular complexity index is 730. The molecule has 1 unspecified atom stereocenters. The van der Waals surface area contributed by atoms with Gasteiger partial charge in [0, 0.05) is 23.8 Å². The summed E-state index contributed by atoms with van der Waals surface area (Å²) >= 11 is 0. The molecule has 0 spiro atoms. The van der Waals surface area contributed by atoms with Crippen LogP contribution in [0, 0.1) is 0 Å². The number of anilines is 1. The Kier molecular flexibility index (Phi) is 4.21. The predicted octanol–water partition coefficient (Wildman–Crippen LogP) is 2.23. The summed E-state index contributed by atoms with van der Waals surface area (Å²) < 4.78 is 10.5. The van der Waals surface area contributed by atoms with E-state index in [9.17, 15) is 4.79 Å². The van der Waals surface area contributed by atoms with E-state index in [0.29, 0.717) is 23.6 Å². The maximum atomic E-state index is 12.9. The summed E-state index contributed by atoms with van der Waals surface area (Å²) in [6, 6.07) is 13.0. The minimum Gasteiger partial charge on any atom is -0.493 e. The molecule has 2 N–H and O–H groups in total. The first kappa shape index (κ1) is 15.4. The summed E-state index contributed by atoms with van der Waals surface area (Å²) in [5.74, 6) is 1.04. The number of hydrogen-bond acceptors (Lipinski definition) is 4. The molecule has 1 heterocycles. The monoisotopic (exact) mass is 312 g/mol. The van der Waals surface area contributed by atoms with Crippen LogP contribution < -0.4 is 20.1 Å². The number of rotatable bonds is 3. The summed E-state index contributed by atoms with van der Waals surface area (Å²) in [5, 5.41) is 0. The number of nitrogens with zero attached hydrogens (tertiary/aromatic N) is 1. The van der Waals surface area contributed by atoms with Crippen LogP contribution in [0.5, 0.6) is 11.5 Å². The molecule has 23 heavy (non-hydrogen) atoms. The van der Waals surface area contributed by atoms with E-state index in [1.165, 1.54) is 0 Å². The van der Waals surface area contributed by atoms with Crippen molar-refractivity contribution in [3.05, 3.63) is 53.6 Å². The molecule has 3 rings (SSSR count). The first-order valence-electron chi connectivity index (χ1n) is 7.51. The Morgan fingerprint density at radius 1 is 1.13 bits per heavy atom. The van der Waals surface area contributed by atoms with Crippen molar-refractivity contribution in [3.63, 3.8) is 0 Å². The minimum atomic E-state index is -0.0893. The highest BCUT2D eigenvalue weighted by Gasteiger charge is 2.27. The molecule has 1 aliphatic heterocycles. The van der Waals surface area contributed by atoms with Crippen LogP contribution in [0.1, 0.15) is 15.9 Å². The van der Waals surface area contributed by atoms with Crippen LogP contribution in [0.25, 0.3) is 0 Å². The molecule has 1 atom stereocenters. The molecule has 5 nitrogen and oxygen atoms in total. The van der Waals surface area contributed by atoms with Gasteiger partial charge in [-0.05, 0) is 36.2 Å². The van der Waals surface area contributed by atoms with Crippen molar-refractivity contribution < 1.29 is 14.3 Å². The molecule has 0 radical (unpaired) electrons. The number of benzene rings is 2. The third-order valence-corrected chi connectivity index (χ3v) is 4.06. The number of methoxy groups -OCH3 is 2. The Labute approximate surface area is 135 Å². The topological polar surface area (TPSA) is 64.8 Å². The van der Waals surface area contributed by atoms with E-state index in [0.717, 1.165) is 17.7 Å². The third-order valence-electron chi connectivity index (χ3n) is 4.06. The highest BCUT2D eigenvalue weighted by atomic mass is 16.5. The second-order valence-corrected chi connectivity index (χ2v) is 5.58. The zero-order chi connectivity index (χ0) is 16.4. The van der Waals surface area contributed by atoms with Crippen molar-refractivity contribution in [3.8, 4) is 11.5 Å². The molecule has 0 bridgehead atoms. The van der Waals surface area contributed by atoms with Crippen molar-refractivity contribution in [2.75, 3.05) is 25.7 Å². The van der Waals surface area contributed by atoms with Crippen molar-refractivity contribution in [2.24, 2.45) is 5.73 Å². The lowest BCUT2D eigenvalue weighted by Crippen LogP contribution is -2.46. The average molecular weight is 312 g/mol. The predicted molar refractivity (Wildman–Crippen MR) is 89.3 cm³/mol. The van der Waals surface area contributed by atoms with E-state index in [2.05, 4.69) is 0 Å². The van der Waals surface area contributed by atoms with Crippen LogP contribution in [-0.2, 0) is 6.42 Å². The van der Waals surface area contributed by atoms with E-state index in [-0.39, 0.29) is 11.9 Å². The van der Waals surface area contributed by atoms with Gasteiger partial charge in [-0.25, -0.2) is 0 Å².